The lowest BCUT2D eigenvalue weighted by molar-refractivity contribution is -0.131. The molecule has 2 aromatic carbocycles. The molecule has 1 amide bonds. The number of nitrogens with zero attached hydrogens (tertiary/aromatic N) is 5. The molecule has 2 aromatic heterocycles. The first-order valence-corrected chi connectivity index (χ1v) is 13.2. The van der Waals surface area contributed by atoms with E-state index >= 15 is 0 Å². The van der Waals surface area contributed by atoms with Crippen molar-refractivity contribution in [1.29, 1.82) is 0 Å². The van der Waals surface area contributed by atoms with Crippen LogP contribution in [0.1, 0.15) is 22.0 Å². The largest absolute Gasteiger partial charge is 0.337 e. The smallest absolute Gasteiger partial charge is 0.268 e. The number of anilines is 1. The van der Waals surface area contributed by atoms with Crippen LogP contribution < -0.4 is 4.31 Å². The first kappa shape index (κ1) is 22.5. The summed E-state index contributed by atoms with van der Waals surface area (Å²) in [6, 6.07) is 15.4. The summed E-state index contributed by atoms with van der Waals surface area (Å²) in [5, 5.41) is 5.27. The van der Waals surface area contributed by atoms with Gasteiger partial charge in [0.2, 0.25) is 5.91 Å². The minimum absolute atomic E-state index is 0.0415. The number of thiazole rings is 1. The molecule has 10 heteroatoms. The molecular formula is C24H25N5O3S2. The zero-order chi connectivity index (χ0) is 24.0. The van der Waals surface area contributed by atoms with Gasteiger partial charge in [0, 0.05) is 13.6 Å². The maximum atomic E-state index is 13.6. The molecule has 0 atom stereocenters. The maximum absolute atomic E-state index is 13.6. The lowest BCUT2D eigenvalue weighted by atomic mass is 10.2. The number of amides is 1. The van der Waals surface area contributed by atoms with Gasteiger partial charge >= 0.3 is 0 Å². The molecule has 1 aliphatic rings. The fourth-order valence-electron chi connectivity index (χ4n) is 4.40. The van der Waals surface area contributed by atoms with Crippen LogP contribution in [0.5, 0.6) is 0 Å². The fourth-order valence-corrected chi connectivity index (χ4v) is 7.31. The summed E-state index contributed by atoms with van der Waals surface area (Å²) in [6.07, 6.45) is 0.677. The predicted octanol–water partition coefficient (Wildman–Crippen LogP) is 3.52. The molecule has 0 spiro atoms. The topological polar surface area (TPSA) is 88.4 Å². The molecule has 34 heavy (non-hydrogen) atoms. The maximum Gasteiger partial charge on any atom is 0.268 e. The number of carbonyl (C=O) groups excluding carboxylic acids is 1. The van der Waals surface area contributed by atoms with Gasteiger partial charge in [0.25, 0.3) is 10.0 Å². The highest BCUT2D eigenvalue weighted by Crippen LogP contribution is 2.34. The Balaban J connectivity index is 1.36. The van der Waals surface area contributed by atoms with E-state index in [9.17, 15) is 13.2 Å². The van der Waals surface area contributed by atoms with Gasteiger partial charge in [0.15, 0.2) is 0 Å². The summed E-state index contributed by atoms with van der Waals surface area (Å²) < 4.78 is 31.2. The Kier molecular flexibility index (Phi) is 5.65. The Labute approximate surface area is 202 Å². The summed E-state index contributed by atoms with van der Waals surface area (Å²) in [4.78, 5) is 19.3. The second-order valence-corrected chi connectivity index (χ2v) is 11.4. The average molecular weight is 496 g/mol. The van der Waals surface area contributed by atoms with Gasteiger partial charge in [-0.15, -0.1) is 11.3 Å². The number of fused-ring (bicyclic) bond motifs is 2. The normalized spacial score (nSPS) is 13.4. The van der Waals surface area contributed by atoms with Crippen LogP contribution in [0.2, 0.25) is 0 Å². The average Bonchev–Trinajstić information content (AvgIpc) is 3.49. The van der Waals surface area contributed by atoms with Crippen LogP contribution in [0.4, 0.5) is 5.69 Å². The number of benzene rings is 2. The number of hydrogen-bond acceptors (Lipinski definition) is 6. The Morgan fingerprint density at radius 2 is 1.85 bits per heavy atom. The van der Waals surface area contributed by atoms with Gasteiger partial charge < -0.3 is 4.90 Å². The molecule has 0 unspecified atom stereocenters. The van der Waals surface area contributed by atoms with Crippen LogP contribution in [-0.2, 0) is 34.3 Å². The van der Waals surface area contributed by atoms with E-state index in [0.717, 1.165) is 20.8 Å². The van der Waals surface area contributed by atoms with Crippen LogP contribution in [0.3, 0.4) is 0 Å². The van der Waals surface area contributed by atoms with Crippen molar-refractivity contribution in [3.8, 4) is 0 Å². The van der Waals surface area contributed by atoms with E-state index in [2.05, 4.69) is 10.1 Å². The van der Waals surface area contributed by atoms with Crippen molar-refractivity contribution in [2.24, 2.45) is 0 Å². The van der Waals surface area contributed by atoms with Crippen molar-refractivity contribution in [3.63, 3.8) is 0 Å². The van der Waals surface area contributed by atoms with Crippen LogP contribution >= 0.6 is 11.3 Å². The molecule has 176 valence electrons. The van der Waals surface area contributed by atoms with Crippen LogP contribution in [0.15, 0.2) is 53.4 Å². The van der Waals surface area contributed by atoms with Gasteiger partial charge in [-0.1, -0.05) is 30.3 Å². The van der Waals surface area contributed by atoms with Crippen molar-refractivity contribution in [3.05, 3.63) is 70.5 Å². The highest BCUT2D eigenvalue weighted by molar-refractivity contribution is 7.93. The van der Waals surface area contributed by atoms with Crippen LogP contribution in [-0.4, -0.2) is 47.6 Å². The van der Waals surface area contributed by atoms with Crippen molar-refractivity contribution >= 4 is 43.2 Å². The van der Waals surface area contributed by atoms with Gasteiger partial charge in [-0.3, -0.25) is 13.8 Å². The van der Waals surface area contributed by atoms with Crippen molar-refractivity contribution in [1.82, 2.24) is 19.7 Å². The van der Waals surface area contributed by atoms with E-state index in [1.54, 1.807) is 37.1 Å². The molecule has 0 fully saturated rings. The number of para-hydroxylation sites is 2. The van der Waals surface area contributed by atoms with E-state index in [-0.39, 0.29) is 17.3 Å². The predicted molar refractivity (Wildman–Crippen MR) is 132 cm³/mol. The molecule has 3 heterocycles. The molecule has 4 aromatic rings. The number of rotatable bonds is 6. The number of aryl methyl sites for hydroxylation is 1. The van der Waals surface area contributed by atoms with E-state index in [0.29, 0.717) is 36.6 Å². The summed E-state index contributed by atoms with van der Waals surface area (Å²) >= 11 is 1.56. The van der Waals surface area contributed by atoms with Crippen LogP contribution in [0.25, 0.3) is 10.2 Å². The first-order valence-electron chi connectivity index (χ1n) is 11.0. The minimum Gasteiger partial charge on any atom is -0.337 e. The molecule has 0 N–H and O–H groups in total. The summed E-state index contributed by atoms with van der Waals surface area (Å²) in [5.41, 5.74) is 3.49. The third-order valence-electron chi connectivity index (χ3n) is 6.13. The van der Waals surface area contributed by atoms with Crippen LogP contribution in [0, 0.1) is 13.8 Å². The monoisotopic (exact) mass is 495 g/mol. The van der Waals surface area contributed by atoms with Gasteiger partial charge in [0.05, 0.1) is 33.8 Å². The van der Waals surface area contributed by atoms with Crippen molar-refractivity contribution < 1.29 is 13.2 Å². The lowest BCUT2D eigenvalue weighted by Gasteiger charge is -2.20. The number of aromatic nitrogens is 3. The number of sulfonamides is 1. The molecule has 1 aliphatic heterocycles. The molecule has 0 bridgehead atoms. The van der Waals surface area contributed by atoms with Crippen molar-refractivity contribution in [2.45, 2.75) is 38.3 Å². The van der Waals surface area contributed by atoms with Gasteiger partial charge in [-0.05, 0) is 44.0 Å². The van der Waals surface area contributed by atoms with Gasteiger partial charge in [0.1, 0.15) is 16.4 Å². The molecule has 5 rings (SSSR count). The number of likely N-dealkylation sites (N-methyl/N-ethyl adjacent to an activating group) is 1. The number of carbonyl (C=O) groups is 1. The quantitative estimate of drug-likeness (QED) is 0.408. The molecule has 0 saturated heterocycles. The van der Waals surface area contributed by atoms with Gasteiger partial charge in [-0.2, -0.15) is 5.10 Å². The molecule has 8 nitrogen and oxygen atoms in total. The van der Waals surface area contributed by atoms with E-state index in [1.165, 1.54) is 8.99 Å². The lowest BCUT2D eigenvalue weighted by Crippen LogP contribution is -2.31. The van der Waals surface area contributed by atoms with E-state index < -0.39 is 10.0 Å². The second-order valence-electron chi connectivity index (χ2n) is 8.44. The van der Waals surface area contributed by atoms with Gasteiger partial charge in [-0.25, -0.2) is 13.4 Å². The standard InChI is InChI=1S/C24H25N5O3S2/c1-16-24(34(31,32)29-13-12-18-8-4-6-10-20(18)29)17(2)28(26-16)15-23(30)27(3)14-22-25-19-9-5-7-11-21(19)33-22/h4-11H,12-15H2,1-3H3. The van der Waals surface area contributed by atoms with E-state index in [1.807, 2.05) is 48.5 Å². The SMILES string of the molecule is Cc1nn(CC(=O)N(C)Cc2nc3ccccc3s2)c(C)c1S(=O)(=O)N1CCc2ccccc21. The Morgan fingerprint density at radius 3 is 2.65 bits per heavy atom. The highest BCUT2D eigenvalue weighted by Gasteiger charge is 2.35. The third kappa shape index (κ3) is 3.86. The summed E-state index contributed by atoms with van der Waals surface area (Å²) in [6.45, 7) is 4.12. The first-order chi connectivity index (χ1) is 16.3. The van der Waals surface area contributed by atoms with E-state index in [4.69, 9.17) is 0 Å². The zero-order valence-electron chi connectivity index (χ0n) is 19.2. The molecular weight excluding hydrogens is 470 g/mol. The summed E-state index contributed by atoms with van der Waals surface area (Å²) in [7, 11) is -2.07. The highest BCUT2D eigenvalue weighted by atomic mass is 32.2. The zero-order valence-corrected chi connectivity index (χ0v) is 20.9. The molecule has 0 saturated carbocycles. The Bertz CT molecular complexity index is 1470. The Hall–Kier alpha value is -3.24. The van der Waals surface area contributed by atoms with Crippen molar-refractivity contribution in [2.75, 3.05) is 17.9 Å². The fraction of sp³-hybridized carbons (Fsp3) is 0.292. The minimum atomic E-state index is -3.80. The Morgan fingerprint density at radius 1 is 1.12 bits per heavy atom. The second kappa shape index (κ2) is 8.52. The molecule has 0 radical (unpaired) electrons. The number of hydrogen-bond donors (Lipinski definition) is 0. The third-order valence-corrected chi connectivity index (χ3v) is 9.22. The summed E-state index contributed by atoms with van der Waals surface area (Å²) in [5.74, 6) is -0.166. The molecule has 0 aliphatic carbocycles.